The average Bonchev–Trinajstić information content (AvgIpc) is 2.65. The molecule has 0 N–H and O–H groups in total. The van der Waals surface area contributed by atoms with Crippen molar-refractivity contribution in [1.82, 2.24) is 9.80 Å². The second-order valence-corrected chi connectivity index (χ2v) is 6.29. The Hall–Kier alpha value is -0.760. The second-order valence-electron chi connectivity index (χ2n) is 6.29. The van der Waals surface area contributed by atoms with E-state index in [0.717, 1.165) is 78.5 Å². The third-order valence-corrected chi connectivity index (χ3v) is 4.25. The molecule has 0 atom stereocenters. The van der Waals surface area contributed by atoms with Crippen LogP contribution in [0.15, 0.2) is 25.3 Å². The summed E-state index contributed by atoms with van der Waals surface area (Å²) in [6.07, 6.45) is 5.86. The maximum Gasteiger partial charge on any atom is 0.0701 e. The van der Waals surface area contributed by atoms with E-state index < -0.39 is 0 Å². The summed E-state index contributed by atoms with van der Waals surface area (Å²) in [6.45, 7) is 18.6. The lowest BCUT2D eigenvalue weighted by Gasteiger charge is -2.23. The SMILES string of the molecule is C=CCCN1CCOCCOCCN(CCC=C)CCOCCOCC1. The summed E-state index contributed by atoms with van der Waals surface area (Å²) in [6, 6.07) is 0. The van der Waals surface area contributed by atoms with Gasteiger partial charge in [-0.1, -0.05) is 12.2 Å². The fraction of sp³-hybridized carbons (Fsp3) is 0.800. The highest BCUT2D eigenvalue weighted by atomic mass is 16.5. The van der Waals surface area contributed by atoms with Crippen molar-refractivity contribution >= 4 is 0 Å². The summed E-state index contributed by atoms with van der Waals surface area (Å²) in [5.41, 5.74) is 0. The molecule has 0 aliphatic carbocycles. The van der Waals surface area contributed by atoms with Gasteiger partial charge in [0.25, 0.3) is 0 Å². The molecule has 1 fully saturated rings. The molecule has 1 saturated heterocycles. The fourth-order valence-corrected chi connectivity index (χ4v) is 2.64. The van der Waals surface area contributed by atoms with Crippen LogP contribution in [-0.2, 0) is 18.9 Å². The Morgan fingerprint density at radius 2 is 0.846 bits per heavy atom. The predicted molar refractivity (Wildman–Crippen MR) is 106 cm³/mol. The number of hydrogen-bond acceptors (Lipinski definition) is 6. The molecule has 1 heterocycles. The molecule has 0 aromatic rings. The van der Waals surface area contributed by atoms with E-state index >= 15 is 0 Å². The van der Waals surface area contributed by atoms with Crippen LogP contribution in [0.25, 0.3) is 0 Å². The zero-order valence-corrected chi connectivity index (χ0v) is 16.4. The first kappa shape index (κ1) is 23.3. The van der Waals surface area contributed by atoms with E-state index in [1.807, 2.05) is 12.2 Å². The third kappa shape index (κ3) is 13.4. The molecule has 0 aromatic heterocycles. The number of nitrogens with zero attached hydrogens (tertiary/aromatic N) is 2. The van der Waals surface area contributed by atoms with Gasteiger partial charge in [-0.3, -0.25) is 9.80 Å². The van der Waals surface area contributed by atoms with Crippen molar-refractivity contribution in [2.45, 2.75) is 12.8 Å². The van der Waals surface area contributed by atoms with Gasteiger partial charge in [-0.2, -0.15) is 0 Å². The summed E-state index contributed by atoms with van der Waals surface area (Å²) in [4.78, 5) is 4.70. The van der Waals surface area contributed by atoms with E-state index in [0.29, 0.717) is 26.4 Å². The average molecular weight is 371 g/mol. The van der Waals surface area contributed by atoms with Crippen molar-refractivity contribution < 1.29 is 18.9 Å². The van der Waals surface area contributed by atoms with Gasteiger partial charge in [0.05, 0.1) is 52.9 Å². The van der Waals surface area contributed by atoms with Crippen molar-refractivity contribution in [2.75, 3.05) is 92.1 Å². The Morgan fingerprint density at radius 3 is 1.12 bits per heavy atom. The van der Waals surface area contributed by atoms with Gasteiger partial charge in [-0.25, -0.2) is 0 Å². The van der Waals surface area contributed by atoms with Gasteiger partial charge in [0.15, 0.2) is 0 Å². The van der Waals surface area contributed by atoms with Crippen LogP contribution in [0.3, 0.4) is 0 Å². The zero-order chi connectivity index (χ0) is 18.7. The van der Waals surface area contributed by atoms with Crippen LogP contribution in [0.2, 0.25) is 0 Å². The van der Waals surface area contributed by atoms with Crippen LogP contribution in [0.5, 0.6) is 0 Å². The van der Waals surface area contributed by atoms with Crippen molar-refractivity contribution in [3.05, 3.63) is 25.3 Å². The van der Waals surface area contributed by atoms with Crippen LogP contribution in [0, 0.1) is 0 Å². The van der Waals surface area contributed by atoms with Crippen molar-refractivity contribution in [3.63, 3.8) is 0 Å². The minimum atomic E-state index is 0.640. The highest BCUT2D eigenvalue weighted by molar-refractivity contribution is 4.70. The van der Waals surface area contributed by atoms with Gasteiger partial charge in [0, 0.05) is 39.3 Å². The molecular weight excluding hydrogens is 332 g/mol. The Balaban J connectivity index is 2.33. The second kappa shape index (κ2) is 17.6. The van der Waals surface area contributed by atoms with E-state index in [9.17, 15) is 0 Å². The molecule has 0 saturated carbocycles. The number of hydrogen-bond donors (Lipinski definition) is 0. The standard InChI is InChI=1S/C20H38N2O4/c1-3-5-7-21-9-13-23-17-19-25-15-11-22(8-6-4-2)12-16-26-20-18-24-14-10-21/h3-4H,1-2,5-20H2. The normalized spacial score (nSPS) is 21.5. The van der Waals surface area contributed by atoms with E-state index in [1.165, 1.54) is 0 Å². The quantitative estimate of drug-likeness (QED) is 0.665. The fourth-order valence-electron chi connectivity index (χ4n) is 2.64. The predicted octanol–water partition coefficient (Wildman–Crippen LogP) is 1.82. The first-order valence-corrected chi connectivity index (χ1v) is 9.84. The molecule has 1 aliphatic rings. The van der Waals surface area contributed by atoms with Crippen LogP contribution in [0.4, 0.5) is 0 Å². The summed E-state index contributed by atoms with van der Waals surface area (Å²) in [5, 5.41) is 0. The minimum Gasteiger partial charge on any atom is -0.378 e. The van der Waals surface area contributed by atoms with Gasteiger partial charge in [-0.05, 0) is 12.8 Å². The molecule has 26 heavy (non-hydrogen) atoms. The van der Waals surface area contributed by atoms with Crippen molar-refractivity contribution in [1.29, 1.82) is 0 Å². The molecule has 0 amide bonds. The molecule has 6 nitrogen and oxygen atoms in total. The van der Waals surface area contributed by atoms with Gasteiger partial charge in [0.1, 0.15) is 0 Å². The molecule has 0 radical (unpaired) electrons. The lowest BCUT2D eigenvalue weighted by molar-refractivity contribution is 0.00848. The maximum absolute atomic E-state index is 5.70. The van der Waals surface area contributed by atoms with E-state index in [1.54, 1.807) is 0 Å². The summed E-state index contributed by atoms with van der Waals surface area (Å²) in [5.74, 6) is 0. The molecule has 6 heteroatoms. The zero-order valence-electron chi connectivity index (χ0n) is 16.4. The van der Waals surface area contributed by atoms with Crippen LogP contribution < -0.4 is 0 Å². The van der Waals surface area contributed by atoms with E-state index in [4.69, 9.17) is 18.9 Å². The molecule has 0 unspecified atom stereocenters. The highest BCUT2D eigenvalue weighted by Gasteiger charge is 2.06. The summed E-state index contributed by atoms with van der Waals surface area (Å²) in [7, 11) is 0. The summed E-state index contributed by atoms with van der Waals surface area (Å²) >= 11 is 0. The molecule has 1 rings (SSSR count). The molecule has 0 bridgehead atoms. The number of rotatable bonds is 6. The van der Waals surface area contributed by atoms with Gasteiger partial charge >= 0.3 is 0 Å². The molecule has 0 aromatic carbocycles. The third-order valence-electron chi connectivity index (χ3n) is 4.25. The van der Waals surface area contributed by atoms with E-state index in [-0.39, 0.29) is 0 Å². The highest BCUT2D eigenvalue weighted by Crippen LogP contribution is 1.96. The maximum atomic E-state index is 5.70. The molecule has 1 aliphatic heterocycles. The lowest BCUT2D eigenvalue weighted by Crippen LogP contribution is -2.33. The monoisotopic (exact) mass is 370 g/mol. The smallest absolute Gasteiger partial charge is 0.0701 e. The molecule has 152 valence electrons. The Kier molecular flexibility index (Phi) is 15.8. The first-order chi connectivity index (χ1) is 12.9. The number of ether oxygens (including phenoxy) is 4. The van der Waals surface area contributed by atoms with Gasteiger partial charge in [0.2, 0.25) is 0 Å². The Bertz CT molecular complexity index is 290. The molecule has 0 spiro atoms. The summed E-state index contributed by atoms with van der Waals surface area (Å²) < 4.78 is 22.8. The minimum absolute atomic E-state index is 0.640. The van der Waals surface area contributed by atoms with E-state index in [2.05, 4.69) is 23.0 Å². The van der Waals surface area contributed by atoms with Crippen molar-refractivity contribution in [3.8, 4) is 0 Å². The molecular formula is C20H38N2O4. The van der Waals surface area contributed by atoms with Crippen LogP contribution >= 0.6 is 0 Å². The first-order valence-electron chi connectivity index (χ1n) is 9.84. The van der Waals surface area contributed by atoms with Gasteiger partial charge in [-0.15, -0.1) is 13.2 Å². The lowest BCUT2D eigenvalue weighted by atomic mass is 10.3. The van der Waals surface area contributed by atoms with Crippen LogP contribution in [0.1, 0.15) is 12.8 Å². The Morgan fingerprint density at radius 1 is 0.538 bits per heavy atom. The van der Waals surface area contributed by atoms with Crippen LogP contribution in [-0.4, -0.2) is 102 Å². The van der Waals surface area contributed by atoms with Gasteiger partial charge < -0.3 is 18.9 Å². The van der Waals surface area contributed by atoms with Crippen molar-refractivity contribution in [2.24, 2.45) is 0 Å². The largest absolute Gasteiger partial charge is 0.378 e. The topological polar surface area (TPSA) is 43.4 Å². The Labute approximate surface area is 159 Å².